The summed E-state index contributed by atoms with van der Waals surface area (Å²) in [5, 5.41) is 9.76. The first-order chi connectivity index (χ1) is 17.6. The van der Waals surface area contributed by atoms with Gasteiger partial charge in [0.1, 0.15) is 12.4 Å². The van der Waals surface area contributed by atoms with E-state index in [1.165, 1.54) is 0 Å². The zero-order chi connectivity index (χ0) is 24.9. The van der Waals surface area contributed by atoms with E-state index in [1.54, 1.807) is 9.58 Å². The smallest absolute Gasteiger partial charge is 0.254 e. The number of nitrogens with one attached hydrogen (secondary N) is 1. The molecule has 0 saturated carbocycles. The molecule has 1 N–H and O–H groups in total. The van der Waals surface area contributed by atoms with Crippen LogP contribution in [0.15, 0.2) is 109 Å². The second kappa shape index (κ2) is 10.3. The fourth-order valence-corrected chi connectivity index (χ4v) is 4.17. The van der Waals surface area contributed by atoms with Crippen LogP contribution in [0.4, 0.5) is 5.82 Å². The molecule has 0 atom stereocenters. The summed E-state index contributed by atoms with van der Waals surface area (Å²) in [7, 11) is 0. The Morgan fingerprint density at radius 2 is 1.47 bits per heavy atom. The lowest BCUT2D eigenvalue weighted by Crippen LogP contribution is -2.38. The van der Waals surface area contributed by atoms with Crippen LogP contribution in [0.2, 0.25) is 0 Å². The molecule has 0 spiro atoms. The number of para-hydroxylation sites is 1. The molecule has 0 aliphatic heterocycles. The molecule has 5 aromatic rings. The van der Waals surface area contributed by atoms with E-state index in [2.05, 4.69) is 5.32 Å². The number of fused-ring (bicyclic) bond motifs is 1. The first-order valence-electron chi connectivity index (χ1n) is 11.9. The van der Waals surface area contributed by atoms with Gasteiger partial charge in [0.2, 0.25) is 5.91 Å². The van der Waals surface area contributed by atoms with E-state index >= 15 is 0 Å². The molecule has 2 amide bonds. The Morgan fingerprint density at radius 3 is 2.19 bits per heavy atom. The van der Waals surface area contributed by atoms with Crippen LogP contribution in [-0.4, -0.2) is 39.6 Å². The van der Waals surface area contributed by atoms with Gasteiger partial charge in [-0.05, 0) is 42.0 Å². The topological polar surface area (TPSA) is 67.2 Å². The van der Waals surface area contributed by atoms with E-state index in [4.69, 9.17) is 5.10 Å². The molecule has 0 unspecified atom stereocenters. The predicted octanol–water partition coefficient (Wildman–Crippen LogP) is 5.79. The third-order valence-electron chi connectivity index (χ3n) is 6.05. The van der Waals surface area contributed by atoms with Gasteiger partial charge in [-0.15, -0.1) is 0 Å². The summed E-state index contributed by atoms with van der Waals surface area (Å²) < 4.78 is 1.71. The number of benzene rings is 4. The molecular weight excluding hydrogens is 448 g/mol. The highest BCUT2D eigenvalue weighted by atomic mass is 16.2. The van der Waals surface area contributed by atoms with Gasteiger partial charge in [0.05, 0.1) is 11.4 Å². The van der Waals surface area contributed by atoms with Gasteiger partial charge in [-0.1, -0.05) is 78.9 Å². The molecule has 6 nitrogen and oxygen atoms in total. The molecule has 6 heteroatoms. The number of hydrogen-bond donors (Lipinski definition) is 1. The van der Waals surface area contributed by atoms with Crippen molar-refractivity contribution >= 4 is 28.4 Å². The number of carbonyl (C=O) groups is 2. The van der Waals surface area contributed by atoms with Crippen molar-refractivity contribution < 1.29 is 9.59 Å². The standard InChI is InChI=1S/C30H26N4O2/c1-2-33(30(36)25-18-17-22-11-9-10-14-24(22)19-25)21-29(35)31-28-20-27(23-12-5-3-6-13-23)32-34(28)26-15-7-4-8-16-26/h3-20H,2,21H2,1H3,(H,31,35). The maximum Gasteiger partial charge on any atom is 0.254 e. The number of amides is 2. The lowest BCUT2D eigenvalue weighted by atomic mass is 10.1. The van der Waals surface area contributed by atoms with Crippen LogP contribution in [-0.2, 0) is 4.79 Å². The third kappa shape index (κ3) is 4.88. The number of aromatic nitrogens is 2. The Bertz CT molecular complexity index is 1510. The van der Waals surface area contributed by atoms with Gasteiger partial charge in [-0.25, -0.2) is 4.68 Å². The largest absolute Gasteiger partial charge is 0.330 e. The summed E-state index contributed by atoms with van der Waals surface area (Å²) in [6.07, 6.45) is 0. The van der Waals surface area contributed by atoms with Crippen LogP contribution in [0.1, 0.15) is 17.3 Å². The van der Waals surface area contributed by atoms with Crippen molar-refractivity contribution in [3.05, 3.63) is 115 Å². The lowest BCUT2D eigenvalue weighted by molar-refractivity contribution is -0.116. The molecule has 36 heavy (non-hydrogen) atoms. The molecule has 0 radical (unpaired) electrons. The van der Waals surface area contributed by atoms with Crippen LogP contribution in [0.3, 0.4) is 0 Å². The molecule has 0 fully saturated rings. The molecule has 5 rings (SSSR count). The first kappa shape index (κ1) is 23.1. The monoisotopic (exact) mass is 474 g/mol. The second-order valence-corrected chi connectivity index (χ2v) is 8.46. The summed E-state index contributed by atoms with van der Waals surface area (Å²) >= 11 is 0. The summed E-state index contributed by atoms with van der Waals surface area (Å²) in [5.41, 5.74) is 3.08. The summed E-state index contributed by atoms with van der Waals surface area (Å²) in [4.78, 5) is 27.9. The van der Waals surface area contributed by atoms with Crippen molar-refractivity contribution in [2.75, 3.05) is 18.4 Å². The fraction of sp³-hybridized carbons (Fsp3) is 0.100. The van der Waals surface area contributed by atoms with Crippen LogP contribution in [0.5, 0.6) is 0 Å². The van der Waals surface area contributed by atoms with E-state index in [-0.39, 0.29) is 18.4 Å². The van der Waals surface area contributed by atoms with Crippen LogP contribution in [0, 0.1) is 0 Å². The Kier molecular flexibility index (Phi) is 6.58. The Morgan fingerprint density at radius 1 is 0.806 bits per heavy atom. The van der Waals surface area contributed by atoms with Gasteiger partial charge in [-0.2, -0.15) is 5.10 Å². The SMILES string of the molecule is CCN(CC(=O)Nc1cc(-c2ccccc2)nn1-c1ccccc1)C(=O)c1ccc2ccccc2c1. The van der Waals surface area contributed by atoms with Gasteiger partial charge >= 0.3 is 0 Å². The highest BCUT2D eigenvalue weighted by molar-refractivity contribution is 6.01. The molecule has 0 bridgehead atoms. The van der Waals surface area contributed by atoms with Crippen molar-refractivity contribution in [2.45, 2.75) is 6.92 Å². The predicted molar refractivity (Wildman–Crippen MR) is 143 cm³/mol. The molecule has 0 saturated heterocycles. The Hall–Kier alpha value is -4.71. The Balaban J connectivity index is 1.38. The summed E-state index contributed by atoms with van der Waals surface area (Å²) in [6, 6.07) is 34.8. The number of carbonyl (C=O) groups excluding carboxylic acids is 2. The summed E-state index contributed by atoms with van der Waals surface area (Å²) in [5.74, 6) is 0.0712. The molecule has 1 aromatic heterocycles. The number of likely N-dealkylation sites (N-methyl/N-ethyl adjacent to an activating group) is 1. The number of hydrogen-bond acceptors (Lipinski definition) is 3. The van der Waals surface area contributed by atoms with Crippen LogP contribution >= 0.6 is 0 Å². The minimum atomic E-state index is -0.289. The fourth-order valence-electron chi connectivity index (χ4n) is 4.17. The van der Waals surface area contributed by atoms with Gasteiger partial charge in [-0.3, -0.25) is 9.59 Å². The molecule has 1 heterocycles. The van der Waals surface area contributed by atoms with Crippen molar-refractivity contribution in [1.82, 2.24) is 14.7 Å². The lowest BCUT2D eigenvalue weighted by Gasteiger charge is -2.21. The van der Waals surface area contributed by atoms with Gasteiger partial charge in [0, 0.05) is 23.7 Å². The van der Waals surface area contributed by atoms with Crippen LogP contribution in [0.25, 0.3) is 27.7 Å². The molecular formula is C30H26N4O2. The maximum absolute atomic E-state index is 13.2. The molecule has 4 aromatic carbocycles. The second-order valence-electron chi connectivity index (χ2n) is 8.46. The average Bonchev–Trinajstić information content (AvgIpc) is 3.35. The summed E-state index contributed by atoms with van der Waals surface area (Å²) in [6.45, 7) is 2.21. The first-order valence-corrected chi connectivity index (χ1v) is 11.9. The van der Waals surface area contributed by atoms with E-state index in [9.17, 15) is 9.59 Å². The van der Waals surface area contributed by atoms with Crippen molar-refractivity contribution in [2.24, 2.45) is 0 Å². The van der Waals surface area contributed by atoms with E-state index in [0.29, 0.717) is 17.9 Å². The van der Waals surface area contributed by atoms with E-state index < -0.39 is 0 Å². The number of anilines is 1. The molecule has 0 aliphatic carbocycles. The van der Waals surface area contributed by atoms with Crippen molar-refractivity contribution in [1.29, 1.82) is 0 Å². The highest BCUT2D eigenvalue weighted by Gasteiger charge is 2.20. The van der Waals surface area contributed by atoms with Gasteiger partial charge < -0.3 is 10.2 Å². The van der Waals surface area contributed by atoms with Crippen molar-refractivity contribution in [3.8, 4) is 16.9 Å². The average molecular weight is 475 g/mol. The number of nitrogens with zero attached hydrogens (tertiary/aromatic N) is 3. The minimum Gasteiger partial charge on any atom is -0.330 e. The Labute approximate surface area is 209 Å². The molecule has 178 valence electrons. The van der Waals surface area contributed by atoms with Crippen LogP contribution < -0.4 is 5.32 Å². The highest BCUT2D eigenvalue weighted by Crippen LogP contribution is 2.25. The van der Waals surface area contributed by atoms with Gasteiger partial charge in [0.25, 0.3) is 5.91 Å². The quantitative estimate of drug-likeness (QED) is 0.325. The van der Waals surface area contributed by atoms with Crippen molar-refractivity contribution in [3.63, 3.8) is 0 Å². The maximum atomic E-state index is 13.2. The molecule has 0 aliphatic rings. The zero-order valence-electron chi connectivity index (χ0n) is 20.0. The van der Waals surface area contributed by atoms with E-state index in [1.807, 2.05) is 116 Å². The van der Waals surface area contributed by atoms with Gasteiger partial charge in [0.15, 0.2) is 0 Å². The number of rotatable bonds is 7. The third-order valence-corrected chi connectivity index (χ3v) is 6.05. The van der Waals surface area contributed by atoms with E-state index in [0.717, 1.165) is 27.7 Å². The zero-order valence-corrected chi connectivity index (χ0v) is 20.0. The normalized spacial score (nSPS) is 10.8. The minimum absolute atomic E-state index is 0.0667.